The molecule has 3 rings (SSSR count). The molecule has 0 unspecified atom stereocenters. The van der Waals surface area contributed by atoms with Crippen molar-refractivity contribution >= 4 is 11.6 Å². The maximum Gasteiger partial charge on any atom is 0.258 e. The molecule has 156 valence electrons. The second kappa shape index (κ2) is 9.69. The van der Waals surface area contributed by atoms with Gasteiger partial charge >= 0.3 is 0 Å². The number of amides is 1. The Balaban J connectivity index is 2.07. The predicted molar refractivity (Wildman–Crippen MR) is 116 cm³/mol. The summed E-state index contributed by atoms with van der Waals surface area (Å²) in [7, 11) is 6.27. The van der Waals surface area contributed by atoms with Crippen LogP contribution < -0.4 is 23.8 Å². The van der Waals surface area contributed by atoms with Gasteiger partial charge in [-0.1, -0.05) is 30.3 Å². The van der Waals surface area contributed by atoms with Crippen LogP contribution in [0, 0.1) is 0 Å². The number of methoxy groups -OCH3 is 4. The first-order chi connectivity index (χ1) is 14.6. The van der Waals surface area contributed by atoms with Crippen LogP contribution in [0.15, 0.2) is 66.7 Å². The van der Waals surface area contributed by atoms with E-state index < -0.39 is 0 Å². The molecule has 0 aliphatic rings. The van der Waals surface area contributed by atoms with E-state index in [0.717, 1.165) is 11.3 Å². The highest BCUT2D eigenvalue weighted by molar-refractivity contribution is 6.06. The van der Waals surface area contributed by atoms with Gasteiger partial charge in [-0.2, -0.15) is 0 Å². The van der Waals surface area contributed by atoms with Crippen LogP contribution in [0.5, 0.6) is 23.0 Å². The minimum atomic E-state index is -0.138. The largest absolute Gasteiger partial charge is 0.497 e. The van der Waals surface area contributed by atoms with Crippen molar-refractivity contribution in [3.63, 3.8) is 0 Å². The normalized spacial score (nSPS) is 10.3. The molecule has 0 aromatic heterocycles. The lowest BCUT2D eigenvalue weighted by Crippen LogP contribution is -2.30. The van der Waals surface area contributed by atoms with Crippen molar-refractivity contribution in [2.24, 2.45) is 0 Å². The van der Waals surface area contributed by atoms with Gasteiger partial charge in [-0.25, -0.2) is 0 Å². The molecule has 0 aliphatic heterocycles. The molecular weight excluding hydrogens is 382 g/mol. The molecule has 1 amide bonds. The van der Waals surface area contributed by atoms with Gasteiger partial charge in [-0.15, -0.1) is 0 Å². The summed E-state index contributed by atoms with van der Waals surface area (Å²) in [5.74, 6) is 2.05. The number of benzene rings is 3. The minimum absolute atomic E-state index is 0.138. The lowest BCUT2D eigenvalue weighted by Gasteiger charge is -2.25. The zero-order valence-corrected chi connectivity index (χ0v) is 17.5. The van der Waals surface area contributed by atoms with Crippen molar-refractivity contribution in [2.75, 3.05) is 33.3 Å². The summed E-state index contributed by atoms with van der Waals surface area (Å²) in [4.78, 5) is 15.1. The summed E-state index contributed by atoms with van der Waals surface area (Å²) >= 11 is 0. The number of anilines is 1. The molecule has 0 saturated heterocycles. The maximum atomic E-state index is 13.4. The van der Waals surface area contributed by atoms with E-state index in [1.54, 1.807) is 57.6 Å². The van der Waals surface area contributed by atoms with E-state index in [9.17, 15) is 4.79 Å². The summed E-state index contributed by atoms with van der Waals surface area (Å²) in [6.07, 6.45) is 0. The first-order valence-corrected chi connectivity index (χ1v) is 9.41. The molecule has 0 heterocycles. The standard InChI is InChI=1S/C24H25NO5/c1-27-20-12-10-17(11-13-20)16-25(24(26)18-8-6-5-7-9-18)19-14-21(28-2)23(30-4)22(15-19)29-3/h5-15H,16H2,1-4H3. The quantitative estimate of drug-likeness (QED) is 0.548. The Hall–Kier alpha value is -3.67. The second-order valence-corrected chi connectivity index (χ2v) is 6.49. The van der Waals surface area contributed by atoms with Gasteiger partial charge in [0.05, 0.1) is 40.7 Å². The van der Waals surface area contributed by atoms with E-state index >= 15 is 0 Å². The van der Waals surface area contributed by atoms with E-state index in [2.05, 4.69) is 0 Å². The van der Waals surface area contributed by atoms with Crippen LogP contribution in [0.2, 0.25) is 0 Å². The predicted octanol–water partition coefficient (Wildman–Crippen LogP) is 4.57. The van der Waals surface area contributed by atoms with Crippen molar-refractivity contribution in [2.45, 2.75) is 6.54 Å². The molecule has 0 radical (unpaired) electrons. The van der Waals surface area contributed by atoms with Crippen molar-refractivity contribution in [3.8, 4) is 23.0 Å². The third kappa shape index (κ3) is 4.49. The number of carbonyl (C=O) groups is 1. The van der Waals surface area contributed by atoms with E-state index in [-0.39, 0.29) is 5.91 Å². The molecule has 0 N–H and O–H groups in total. The first-order valence-electron chi connectivity index (χ1n) is 9.41. The summed E-state index contributed by atoms with van der Waals surface area (Å²) < 4.78 is 21.6. The Labute approximate surface area is 176 Å². The fraction of sp³-hybridized carbons (Fsp3) is 0.208. The molecule has 6 heteroatoms. The van der Waals surface area contributed by atoms with Gasteiger partial charge in [0.15, 0.2) is 11.5 Å². The van der Waals surface area contributed by atoms with Gasteiger partial charge in [-0.05, 0) is 29.8 Å². The minimum Gasteiger partial charge on any atom is -0.497 e. The number of ether oxygens (including phenoxy) is 4. The number of carbonyl (C=O) groups excluding carboxylic acids is 1. The average molecular weight is 407 g/mol. The molecule has 6 nitrogen and oxygen atoms in total. The lowest BCUT2D eigenvalue weighted by molar-refractivity contribution is 0.0985. The van der Waals surface area contributed by atoms with Crippen LogP contribution in [0.4, 0.5) is 5.69 Å². The zero-order chi connectivity index (χ0) is 21.5. The van der Waals surface area contributed by atoms with Gasteiger partial charge in [0.1, 0.15) is 5.75 Å². The number of hydrogen-bond donors (Lipinski definition) is 0. The Morgan fingerprint density at radius 1 is 0.767 bits per heavy atom. The molecule has 3 aromatic rings. The fourth-order valence-electron chi connectivity index (χ4n) is 3.15. The fourth-order valence-corrected chi connectivity index (χ4v) is 3.15. The number of rotatable bonds is 8. The summed E-state index contributed by atoms with van der Waals surface area (Å²) in [5, 5.41) is 0. The van der Waals surface area contributed by atoms with Crippen molar-refractivity contribution in [1.82, 2.24) is 0 Å². The Morgan fingerprint density at radius 2 is 1.37 bits per heavy atom. The highest BCUT2D eigenvalue weighted by atomic mass is 16.5. The van der Waals surface area contributed by atoms with Crippen molar-refractivity contribution < 1.29 is 23.7 Å². The van der Waals surface area contributed by atoms with Gasteiger partial charge in [-0.3, -0.25) is 4.79 Å². The van der Waals surface area contributed by atoms with Crippen LogP contribution in [-0.4, -0.2) is 34.3 Å². The highest BCUT2D eigenvalue weighted by Crippen LogP contribution is 2.41. The summed E-state index contributed by atoms with van der Waals surface area (Å²) in [6, 6.07) is 20.3. The van der Waals surface area contributed by atoms with Crippen molar-refractivity contribution in [3.05, 3.63) is 77.9 Å². The smallest absolute Gasteiger partial charge is 0.258 e. The summed E-state index contributed by atoms with van der Waals surface area (Å²) in [6.45, 7) is 0.357. The number of hydrogen-bond acceptors (Lipinski definition) is 5. The molecule has 3 aromatic carbocycles. The maximum absolute atomic E-state index is 13.4. The molecule has 0 bridgehead atoms. The zero-order valence-electron chi connectivity index (χ0n) is 17.5. The van der Waals surface area contributed by atoms with Gasteiger partial charge in [0, 0.05) is 17.7 Å². The Morgan fingerprint density at radius 3 is 1.87 bits per heavy atom. The van der Waals surface area contributed by atoms with Crippen molar-refractivity contribution in [1.29, 1.82) is 0 Å². The monoisotopic (exact) mass is 407 g/mol. The molecule has 30 heavy (non-hydrogen) atoms. The van der Waals surface area contributed by atoms with Crippen LogP contribution >= 0.6 is 0 Å². The van der Waals surface area contributed by atoms with Crippen LogP contribution in [0.1, 0.15) is 15.9 Å². The Bertz CT molecular complexity index is 961. The molecule has 0 saturated carbocycles. The first kappa shape index (κ1) is 21.0. The van der Waals surface area contributed by atoms with Crippen LogP contribution in [-0.2, 0) is 6.54 Å². The lowest BCUT2D eigenvalue weighted by atomic mass is 10.1. The summed E-state index contributed by atoms with van der Waals surface area (Å²) in [5.41, 5.74) is 2.17. The SMILES string of the molecule is COc1ccc(CN(C(=O)c2ccccc2)c2cc(OC)c(OC)c(OC)c2)cc1. The van der Waals surface area contributed by atoms with E-state index in [4.69, 9.17) is 18.9 Å². The molecule has 0 aliphatic carbocycles. The van der Waals surface area contributed by atoms with Gasteiger partial charge in [0.2, 0.25) is 5.75 Å². The third-order valence-electron chi connectivity index (χ3n) is 4.73. The average Bonchev–Trinajstić information content (AvgIpc) is 2.82. The third-order valence-corrected chi connectivity index (χ3v) is 4.73. The van der Waals surface area contributed by atoms with Gasteiger partial charge < -0.3 is 23.8 Å². The topological polar surface area (TPSA) is 57.2 Å². The van der Waals surface area contributed by atoms with Crippen LogP contribution in [0.25, 0.3) is 0 Å². The molecule has 0 spiro atoms. The number of nitrogens with zero attached hydrogens (tertiary/aromatic N) is 1. The van der Waals surface area contributed by atoms with E-state index in [1.807, 2.05) is 42.5 Å². The second-order valence-electron chi connectivity index (χ2n) is 6.49. The van der Waals surface area contributed by atoms with E-state index in [0.29, 0.717) is 35.0 Å². The van der Waals surface area contributed by atoms with Crippen LogP contribution in [0.3, 0.4) is 0 Å². The van der Waals surface area contributed by atoms with E-state index in [1.165, 1.54) is 0 Å². The molecule has 0 fully saturated rings. The van der Waals surface area contributed by atoms with Gasteiger partial charge in [0.25, 0.3) is 5.91 Å². The molecule has 0 atom stereocenters. The highest BCUT2D eigenvalue weighted by Gasteiger charge is 2.22. The Kier molecular flexibility index (Phi) is 6.80. The molecular formula is C24H25NO5.